The Labute approximate surface area is 92.8 Å². The topological polar surface area (TPSA) is 80.7 Å². The Kier molecular flexibility index (Phi) is 8.07. The molecule has 0 aromatic heterocycles. The van der Waals surface area contributed by atoms with Crippen molar-refractivity contribution in [1.29, 1.82) is 0 Å². The normalized spacial score (nSPS) is 9.75. The van der Waals surface area contributed by atoms with Crippen molar-refractivity contribution in [3.8, 4) is 0 Å². The first kappa shape index (κ1) is 14.6. The molecule has 1 N–H and O–H groups in total. The third-order valence-corrected chi connectivity index (χ3v) is 1.43. The molecule has 0 saturated carbocycles. The summed E-state index contributed by atoms with van der Waals surface area (Å²) >= 11 is 0. The molecule has 0 aromatic rings. The molecule has 0 spiro atoms. The molecule has 0 aromatic carbocycles. The van der Waals surface area contributed by atoms with E-state index in [9.17, 15) is 13.2 Å². The smallest absolute Gasteiger partial charge is 0.330 e. The van der Waals surface area contributed by atoms with Crippen LogP contribution in [0.3, 0.4) is 0 Å². The molecule has 0 fully saturated rings. The summed E-state index contributed by atoms with van der Waals surface area (Å²) in [5, 5.41) is 0. The van der Waals surface area contributed by atoms with Crippen molar-refractivity contribution < 1.29 is 22.5 Å². The van der Waals surface area contributed by atoms with Crippen LogP contribution in [0.4, 0.5) is 0 Å². The molecular weight excluding hydrogens is 195 g/mol. The standard InChI is InChI=1S/C5H8O5S.Na/c1-2-5(6)10-3-4-11(7,8)9;/h2H,1,3-4H2,(H,7,8,9);. The zero-order valence-corrected chi connectivity index (χ0v) is 9.50. The summed E-state index contributed by atoms with van der Waals surface area (Å²) in [4.78, 5) is 10.3. The van der Waals surface area contributed by atoms with Crippen LogP contribution in [0.5, 0.6) is 0 Å². The van der Waals surface area contributed by atoms with E-state index in [-0.39, 0.29) is 36.2 Å². The van der Waals surface area contributed by atoms with Gasteiger partial charge in [-0.15, -0.1) is 0 Å². The van der Waals surface area contributed by atoms with E-state index in [4.69, 9.17) is 4.55 Å². The summed E-state index contributed by atoms with van der Waals surface area (Å²) in [7, 11) is -4.04. The van der Waals surface area contributed by atoms with Gasteiger partial charge in [0, 0.05) is 35.6 Å². The van der Waals surface area contributed by atoms with Crippen molar-refractivity contribution in [2.24, 2.45) is 0 Å². The summed E-state index contributed by atoms with van der Waals surface area (Å²) in [6.45, 7) is 2.73. The number of rotatable bonds is 4. The van der Waals surface area contributed by atoms with Crippen molar-refractivity contribution in [3.05, 3.63) is 12.7 Å². The monoisotopic (exact) mass is 203 g/mol. The molecule has 0 saturated heterocycles. The van der Waals surface area contributed by atoms with Crippen LogP contribution in [0.25, 0.3) is 0 Å². The van der Waals surface area contributed by atoms with Gasteiger partial charge in [-0.3, -0.25) is 4.55 Å². The van der Waals surface area contributed by atoms with Gasteiger partial charge in [0.15, 0.2) is 0 Å². The van der Waals surface area contributed by atoms with Gasteiger partial charge in [-0.05, 0) is 0 Å². The Bertz CT molecular complexity index is 245. The first-order valence-corrected chi connectivity index (χ1v) is 4.31. The summed E-state index contributed by atoms with van der Waals surface area (Å²) < 4.78 is 32.5. The van der Waals surface area contributed by atoms with Crippen molar-refractivity contribution in [3.63, 3.8) is 0 Å². The van der Waals surface area contributed by atoms with Gasteiger partial charge < -0.3 is 4.74 Å². The van der Waals surface area contributed by atoms with Gasteiger partial charge in [-0.2, -0.15) is 8.42 Å². The van der Waals surface area contributed by atoms with E-state index in [1.807, 2.05) is 0 Å². The molecule has 0 rings (SSSR count). The molecule has 65 valence electrons. The number of carbonyl (C=O) groups excluding carboxylic acids is 1. The Balaban J connectivity index is 0. The molecule has 0 aliphatic rings. The van der Waals surface area contributed by atoms with Gasteiger partial charge in [-0.25, -0.2) is 4.79 Å². The molecule has 7 heteroatoms. The summed E-state index contributed by atoms with van der Waals surface area (Å²) in [5.41, 5.74) is 0. The van der Waals surface area contributed by atoms with Gasteiger partial charge >= 0.3 is 5.97 Å². The molecule has 0 bridgehead atoms. The molecule has 0 unspecified atom stereocenters. The van der Waals surface area contributed by atoms with Crippen LogP contribution >= 0.6 is 0 Å². The third kappa shape index (κ3) is 10.1. The minimum atomic E-state index is -4.04. The molecule has 0 aliphatic carbocycles. The molecule has 0 amide bonds. The minimum Gasteiger partial charge on any atom is -0.461 e. The summed E-state index contributed by atoms with van der Waals surface area (Å²) in [5.74, 6) is -1.30. The van der Waals surface area contributed by atoms with E-state index >= 15 is 0 Å². The molecular formula is C5H8NaO5S. The Hall–Kier alpha value is 0.120. The van der Waals surface area contributed by atoms with Crippen molar-refractivity contribution >= 4 is 45.6 Å². The van der Waals surface area contributed by atoms with Crippen LogP contribution in [0, 0.1) is 0 Å². The Morgan fingerprint density at radius 2 is 2.08 bits per heavy atom. The number of ether oxygens (including phenoxy) is 1. The van der Waals surface area contributed by atoms with E-state index in [1.165, 1.54) is 0 Å². The molecule has 0 aliphatic heterocycles. The van der Waals surface area contributed by atoms with Gasteiger partial charge in [0.1, 0.15) is 12.4 Å². The van der Waals surface area contributed by atoms with Crippen LogP contribution in [-0.2, 0) is 19.6 Å². The second-order valence-corrected chi connectivity index (χ2v) is 3.23. The molecule has 12 heavy (non-hydrogen) atoms. The van der Waals surface area contributed by atoms with Crippen LogP contribution < -0.4 is 0 Å². The number of hydrogen-bond donors (Lipinski definition) is 1. The maximum Gasteiger partial charge on any atom is 0.330 e. The zero-order chi connectivity index (χ0) is 8.91. The Morgan fingerprint density at radius 3 is 2.42 bits per heavy atom. The number of esters is 1. The van der Waals surface area contributed by atoms with Crippen molar-refractivity contribution in [1.82, 2.24) is 0 Å². The fourth-order valence-electron chi connectivity index (χ4n) is 0.306. The maximum atomic E-state index is 10.3. The van der Waals surface area contributed by atoms with Crippen LogP contribution in [0.15, 0.2) is 12.7 Å². The number of carbonyl (C=O) groups is 1. The zero-order valence-electron chi connectivity index (χ0n) is 6.69. The van der Waals surface area contributed by atoms with Gasteiger partial charge in [-0.1, -0.05) is 6.58 Å². The van der Waals surface area contributed by atoms with E-state index in [1.54, 1.807) is 0 Å². The van der Waals surface area contributed by atoms with Gasteiger partial charge in [0.2, 0.25) is 0 Å². The first-order valence-electron chi connectivity index (χ1n) is 2.70. The van der Waals surface area contributed by atoms with Crippen molar-refractivity contribution in [2.45, 2.75) is 0 Å². The third-order valence-electron chi connectivity index (χ3n) is 0.752. The van der Waals surface area contributed by atoms with Crippen LogP contribution in [0.1, 0.15) is 0 Å². The summed E-state index contributed by atoms with van der Waals surface area (Å²) in [6, 6.07) is 0. The second kappa shape index (κ2) is 6.62. The molecule has 0 heterocycles. The predicted octanol–water partition coefficient (Wildman–Crippen LogP) is -0.777. The predicted molar refractivity (Wildman–Crippen MR) is 43.3 cm³/mol. The van der Waals surface area contributed by atoms with E-state index in [0.717, 1.165) is 6.08 Å². The molecule has 1 radical (unpaired) electrons. The van der Waals surface area contributed by atoms with Gasteiger partial charge in [0.05, 0.1) is 0 Å². The van der Waals surface area contributed by atoms with Gasteiger partial charge in [0.25, 0.3) is 10.1 Å². The fourth-order valence-corrected chi connectivity index (χ4v) is 0.600. The number of hydrogen-bond acceptors (Lipinski definition) is 4. The van der Waals surface area contributed by atoms with Crippen LogP contribution in [-0.4, -0.2) is 60.9 Å². The fraction of sp³-hybridized carbons (Fsp3) is 0.400. The van der Waals surface area contributed by atoms with E-state index in [2.05, 4.69) is 11.3 Å². The largest absolute Gasteiger partial charge is 0.461 e. The quantitative estimate of drug-likeness (QED) is 0.280. The first-order chi connectivity index (χ1) is 4.95. The van der Waals surface area contributed by atoms with E-state index < -0.39 is 21.8 Å². The summed E-state index contributed by atoms with van der Waals surface area (Å²) in [6.07, 6.45) is 0.907. The second-order valence-electron chi connectivity index (χ2n) is 1.66. The SMILES string of the molecule is C=CC(=O)OCCS(=O)(=O)O.[Na]. The average Bonchev–Trinajstić information content (AvgIpc) is 1.85. The van der Waals surface area contributed by atoms with Crippen molar-refractivity contribution in [2.75, 3.05) is 12.4 Å². The molecule has 0 atom stereocenters. The average molecular weight is 203 g/mol. The van der Waals surface area contributed by atoms with E-state index in [0.29, 0.717) is 0 Å². The van der Waals surface area contributed by atoms with Crippen LogP contribution in [0.2, 0.25) is 0 Å². The minimum absolute atomic E-state index is 0. The molecule has 5 nitrogen and oxygen atoms in total. The maximum absolute atomic E-state index is 10.3. The Morgan fingerprint density at radius 1 is 1.58 bits per heavy atom.